The molecule has 1 aromatic rings. The molecule has 1 aromatic carbocycles. The van der Waals surface area contributed by atoms with E-state index in [1.165, 1.54) is 5.69 Å². The Morgan fingerprint density at radius 1 is 1.33 bits per heavy atom. The Bertz CT molecular complexity index is 335. The Hall–Kier alpha value is -0.770. The van der Waals surface area contributed by atoms with Crippen LogP contribution in [0.2, 0.25) is 5.02 Å². The molecule has 1 fully saturated rings. The van der Waals surface area contributed by atoms with Crippen molar-refractivity contribution in [3.63, 3.8) is 0 Å². The standard InChI is InChI=1S/C11H16ClN3/c12-11-7-10(2-1-9(11)8-13)15-5-3-14-4-6-15/h1-2,7,14H,3-6,8,13H2. The van der Waals surface area contributed by atoms with Crippen LogP contribution in [0.25, 0.3) is 0 Å². The molecule has 0 aliphatic carbocycles. The minimum atomic E-state index is 0.501. The van der Waals surface area contributed by atoms with Gasteiger partial charge in [-0.3, -0.25) is 0 Å². The molecule has 1 aliphatic heterocycles. The van der Waals surface area contributed by atoms with Crippen LogP contribution in [0, 0.1) is 0 Å². The Balaban J connectivity index is 2.17. The van der Waals surface area contributed by atoms with E-state index in [1.807, 2.05) is 12.1 Å². The molecule has 82 valence electrons. The maximum absolute atomic E-state index is 6.13. The predicted octanol–water partition coefficient (Wildman–Crippen LogP) is 1.21. The lowest BCUT2D eigenvalue weighted by atomic mass is 10.2. The summed E-state index contributed by atoms with van der Waals surface area (Å²) in [6.45, 7) is 4.66. The van der Waals surface area contributed by atoms with Crippen LogP contribution in [0.3, 0.4) is 0 Å². The van der Waals surface area contributed by atoms with E-state index >= 15 is 0 Å². The highest BCUT2D eigenvalue weighted by Crippen LogP contribution is 2.23. The quantitative estimate of drug-likeness (QED) is 0.795. The molecule has 0 amide bonds. The molecule has 3 nitrogen and oxygen atoms in total. The molecule has 1 aliphatic rings. The van der Waals surface area contributed by atoms with E-state index in [2.05, 4.69) is 16.3 Å². The molecule has 0 spiro atoms. The second-order valence-electron chi connectivity index (χ2n) is 3.72. The maximum Gasteiger partial charge on any atom is 0.0471 e. The third kappa shape index (κ3) is 2.43. The Labute approximate surface area is 95.2 Å². The molecule has 1 saturated heterocycles. The van der Waals surface area contributed by atoms with Crippen molar-refractivity contribution in [3.05, 3.63) is 28.8 Å². The van der Waals surface area contributed by atoms with Crippen LogP contribution in [0.4, 0.5) is 5.69 Å². The first-order valence-electron chi connectivity index (χ1n) is 5.25. The second-order valence-corrected chi connectivity index (χ2v) is 4.12. The van der Waals surface area contributed by atoms with Crippen LogP contribution in [0.1, 0.15) is 5.56 Å². The lowest BCUT2D eigenvalue weighted by Gasteiger charge is -2.29. The first-order valence-corrected chi connectivity index (χ1v) is 5.63. The predicted molar refractivity (Wildman–Crippen MR) is 64.4 cm³/mol. The summed E-state index contributed by atoms with van der Waals surface area (Å²) in [7, 11) is 0. The van der Waals surface area contributed by atoms with Gasteiger partial charge < -0.3 is 16.0 Å². The van der Waals surface area contributed by atoms with Gasteiger partial charge in [-0.2, -0.15) is 0 Å². The Kier molecular flexibility index (Phi) is 3.46. The monoisotopic (exact) mass is 225 g/mol. The highest BCUT2D eigenvalue weighted by atomic mass is 35.5. The molecule has 0 unspecified atom stereocenters. The van der Waals surface area contributed by atoms with E-state index in [4.69, 9.17) is 17.3 Å². The van der Waals surface area contributed by atoms with Crippen molar-refractivity contribution < 1.29 is 0 Å². The molecule has 4 heteroatoms. The van der Waals surface area contributed by atoms with Crippen LogP contribution >= 0.6 is 11.6 Å². The van der Waals surface area contributed by atoms with Gasteiger partial charge in [-0.25, -0.2) is 0 Å². The van der Waals surface area contributed by atoms with Crippen molar-refractivity contribution in [2.24, 2.45) is 5.73 Å². The zero-order valence-corrected chi connectivity index (χ0v) is 9.43. The van der Waals surface area contributed by atoms with Gasteiger partial charge in [0.15, 0.2) is 0 Å². The number of nitrogens with two attached hydrogens (primary N) is 1. The summed E-state index contributed by atoms with van der Waals surface area (Å²) in [5.74, 6) is 0. The minimum absolute atomic E-state index is 0.501. The lowest BCUT2D eigenvalue weighted by Crippen LogP contribution is -2.43. The highest BCUT2D eigenvalue weighted by molar-refractivity contribution is 6.31. The number of benzene rings is 1. The van der Waals surface area contributed by atoms with Crippen LogP contribution in [0.5, 0.6) is 0 Å². The van der Waals surface area contributed by atoms with E-state index in [1.54, 1.807) is 0 Å². The van der Waals surface area contributed by atoms with Gasteiger partial charge >= 0.3 is 0 Å². The van der Waals surface area contributed by atoms with Gasteiger partial charge in [0.2, 0.25) is 0 Å². The lowest BCUT2D eigenvalue weighted by molar-refractivity contribution is 0.589. The molecule has 0 saturated carbocycles. The number of hydrogen-bond acceptors (Lipinski definition) is 3. The van der Waals surface area contributed by atoms with Gasteiger partial charge in [0.25, 0.3) is 0 Å². The minimum Gasteiger partial charge on any atom is -0.369 e. The summed E-state index contributed by atoms with van der Waals surface area (Å²) >= 11 is 6.13. The second kappa shape index (κ2) is 4.84. The SMILES string of the molecule is NCc1ccc(N2CCNCC2)cc1Cl. The van der Waals surface area contributed by atoms with Gasteiger partial charge in [0.1, 0.15) is 0 Å². The van der Waals surface area contributed by atoms with Crippen molar-refractivity contribution in [2.75, 3.05) is 31.1 Å². The van der Waals surface area contributed by atoms with Crippen LogP contribution in [-0.4, -0.2) is 26.2 Å². The van der Waals surface area contributed by atoms with Crippen molar-refractivity contribution in [2.45, 2.75) is 6.54 Å². The number of anilines is 1. The largest absolute Gasteiger partial charge is 0.369 e. The zero-order valence-electron chi connectivity index (χ0n) is 8.67. The van der Waals surface area contributed by atoms with Crippen molar-refractivity contribution in [3.8, 4) is 0 Å². The van der Waals surface area contributed by atoms with Gasteiger partial charge in [-0.1, -0.05) is 17.7 Å². The summed E-state index contributed by atoms with van der Waals surface area (Å²) < 4.78 is 0. The number of piperazine rings is 1. The number of nitrogens with one attached hydrogen (secondary N) is 1. The van der Waals surface area contributed by atoms with Crippen LogP contribution < -0.4 is 16.0 Å². The number of nitrogens with zero attached hydrogens (tertiary/aromatic N) is 1. The number of halogens is 1. The molecule has 3 N–H and O–H groups in total. The average Bonchev–Trinajstić information content (AvgIpc) is 2.30. The van der Waals surface area contributed by atoms with Crippen LogP contribution in [0.15, 0.2) is 18.2 Å². The van der Waals surface area contributed by atoms with Gasteiger partial charge in [0.05, 0.1) is 0 Å². The fourth-order valence-corrected chi connectivity index (χ4v) is 2.07. The van der Waals surface area contributed by atoms with E-state index < -0.39 is 0 Å². The molecule has 2 rings (SSSR count). The summed E-state index contributed by atoms with van der Waals surface area (Å²) in [5.41, 5.74) is 7.77. The first kappa shape index (κ1) is 10.7. The van der Waals surface area contributed by atoms with Crippen molar-refractivity contribution >= 4 is 17.3 Å². The third-order valence-electron chi connectivity index (χ3n) is 2.74. The smallest absolute Gasteiger partial charge is 0.0471 e. The molecule has 0 bridgehead atoms. The molecular formula is C11H16ClN3. The molecular weight excluding hydrogens is 210 g/mol. The average molecular weight is 226 g/mol. The topological polar surface area (TPSA) is 41.3 Å². The van der Waals surface area contributed by atoms with Crippen molar-refractivity contribution in [1.29, 1.82) is 0 Å². The van der Waals surface area contributed by atoms with E-state index in [0.29, 0.717) is 6.54 Å². The van der Waals surface area contributed by atoms with Crippen LogP contribution in [-0.2, 0) is 6.54 Å². The van der Waals surface area contributed by atoms with Gasteiger partial charge in [-0.15, -0.1) is 0 Å². The van der Waals surface area contributed by atoms with E-state index in [0.717, 1.165) is 36.8 Å². The van der Waals surface area contributed by atoms with Gasteiger partial charge in [-0.05, 0) is 17.7 Å². The molecule has 0 aromatic heterocycles. The summed E-state index contributed by atoms with van der Waals surface area (Å²) in [5, 5.41) is 4.10. The van der Waals surface area contributed by atoms with E-state index in [-0.39, 0.29) is 0 Å². The molecule has 0 radical (unpaired) electrons. The number of rotatable bonds is 2. The van der Waals surface area contributed by atoms with E-state index in [9.17, 15) is 0 Å². The van der Waals surface area contributed by atoms with Crippen molar-refractivity contribution in [1.82, 2.24) is 5.32 Å². The maximum atomic E-state index is 6.13. The highest BCUT2D eigenvalue weighted by Gasteiger charge is 2.11. The zero-order chi connectivity index (χ0) is 10.7. The third-order valence-corrected chi connectivity index (χ3v) is 3.09. The molecule has 15 heavy (non-hydrogen) atoms. The fourth-order valence-electron chi connectivity index (χ4n) is 1.82. The fraction of sp³-hybridized carbons (Fsp3) is 0.455. The summed E-state index contributed by atoms with van der Waals surface area (Å²) in [4.78, 5) is 2.34. The first-order chi connectivity index (χ1) is 7.31. The van der Waals surface area contributed by atoms with Gasteiger partial charge in [0, 0.05) is 43.4 Å². The number of hydrogen-bond donors (Lipinski definition) is 2. The Morgan fingerprint density at radius 2 is 2.07 bits per heavy atom. The molecule has 0 atom stereocenters. The normalized spacial score (nSPS) is 16.8. The molecule has 1 heterocycles. The Morgan fingerprint density at radius 3 is 2.67 bits per heavy atom. The summed E-state index contributed by atoms with van der Waals surface area (Å²) in [6.07, 6.45) is 0. The summed E-state index contributed by atoms with van der Waals surface area (Å²) in [6, 6.07) is 6.12.